The van der Waals surface area contributed by atoms with Gasteiger partial charge >= 0.3 is 0 Å². The van der Waals surface area contributed by atoms with E-state index in [0.717, 1.165) is 37.6 Å². The molecule has 1 atom stereocenters. The number of carbonyl (C=O) groups is 1. The lowest BCUT2D eigenvalue weighted by molar-refractivity contribution is -0.125. The highest BCUT2D eigenvalue weighted by Gasteiger charge is 2.26. The first kappa shape index (κ1) is 17.3. The first-order chi connectivity index (χ1) is 11.2. The Hall–Kier alpha value is -2.01. The van der Waals surface area contributed by atoms with Crippen molar-refractivity contribution in [1.29, 1.82) is 0 Å². The zero-order valence-corrected chi connectivity index (χ0v) is 14.1. The van der Waals surface area contributed by atoms with Gasteiger partial charge in [-0.25, -0.2) is 0 Å². The van der Waals surface area contributed by atoms with Gasteiger partial charge in [-0.15, -0.1) is 6.58 Å². The van der Waals surface area contributed by atoms with Crippen LogP contribution in [0.5, 0.6) is 5.75 Å². The summed E-state index contributed by atoms with van der Waals surface area (Å²) >= 11 is 0. The third-order valence-corrected chi connectivity index (χ3v) is 4.17. The van der Waals surface area contributed by atoms with E-state index in [1.165, 1.54) is 0 Å². The van der Waals surface area contributed by atoms with Crippen molar-refractivity contribution in [2.75, 3.05) is 44.2 Å². The highest BCUT2D eigenvalue weighted by atomic mass is 16.5. The van der Waals surface area contributed by atoms with Crippen LogP contribution in [-0.2, 0) is 4.79 Å². The van der Waals surface area contributed by atoms with E-state index >= 15 is 0 Å². The maximum Gasteiger partial charge on any atom is 0.237 e. The third-order valence-electron chi connectivity index (χ3n) is 4.17. The number of carbonyl (C=O) groups excluding carboxylic acids is 1. The molecule has 1 aromatic rings. The van der Waals surface area contributed by atoms with Gasteiger partial charge in [-0.3, -0.25) is 9.69 Å². The largest absolute Gasteiger partial charge is 0.492 e. The molecule has 5 heteroatoms. The van der Waals surface area contributed by atoms with Crippen LogP contribution in [0, 0.1) is 0 Å². The highest BCUT2D eigenvalue weighted by molar-refractivity contribution is 5.81. The summed E-state index contributed by atoms with van der Waals surface area (Å²) in [4.78, 5) is 16.6. The molecule has 1 aromatic carbocycles. The van der Waals surface area contributed by atoms with Crippen LogP contribution in [0.25, 0.3) is 0 Å². The van der Waals surface area contributed by atoms with E-state index in [-0.39, 0.29) is 11.9 Å². The van der Waals surface area contributed by atoms with Crippen LogP contribution in [0.4, 0.5) is 5.69 Å². The van der Waals surface area contributed by atoms with E-state index < -0.39 is 0 Å². The van der Waals surface area contributed by atoms with Crippen LogP contribution in [0.3, 0.4) is 0 Å². The molecule has 5 nitrogen and oxygen atoms in total. The molecule has 126 valence electrons. The number of nitrogens with one attached hydrogen (secondary N) is 1. The molecular formula is C18H27N3O2. The Kier molecular flexibility index (Phi) is 6.47. The number of amides is 1. The molecule has 0 saturated carbocycles. The van der Waals surface area contributed by atoms with Crippen LogP contribution >= 0.6 is 0 Å². The van der Waals surface area contributed by atoms with E-state index in [4.69, 9.17) is 4.74 Å². The molecule has 1 saturated heterocycles. The zero-order chi connectivity index (χ0) is 16.7. The topological polar surface area (TPSA) is 44.8 Å². The smallest absolute Gasteiger partial charge is 0.237 e. The Morgan fingerprint density at radius 2 is 2.04 bits per heavy atom. The van der Waals surface area contributed by atoms with Gasteiger partial charge in [0.2, 0.25) is 5.91 Å². The molecule has 1 fully saturated rings. The molecule has 0 bridgehead atoms. The van der Waals surface area contributed by atoms with Gasteiger partial charge in [0.15, 0.2) is 0 Å². The van der Waals surface area contributed by atoms with Crippen LogP contribution < -0.4 is 15.0 Å². The summed E-state index contributed by atoms with van der Waals surface area (Å²) in [5, 5.41) is 2.87. The van der Waals surface area contributed by atoms with E-state index in [9.17, 15) is 4.79 Å². The Morgan fingerprint density at radius 3 is 2.70 bits per heavy atom. The summed E-state index contributed by atoms with van der Waals surface area (Å²) in [7, 11) is 0. The van der Waals surface area contributed by atoms with Crippen molar-refractivity contribution in [1.82, 2.24) is 10.2 Å². The maximum absolute atomic E-state index is 12.1. The number of ether oxygens (including phenoxy) is 1. The van der Waals surface area contributed by atoms with Gasteiger partial charge in [-0.2, -0.15) is 0 Å². The minimum atomic E-state index is -0.112. The predicted molar refractivity (Wildman–Crippen MR) is 94.1 cm³/mol. The zero-order valence-electron chi connectivity index (χ0n) is 14.1. The first-order valence-corrected chi connectivity index (χ1v) is 8.26. The van der Waals surface area contributed by atoms with E-state index in [2.05, 4.69) is 27.8 Å². The maximum atomic E-state index is 12.1. The molecule has 2 rings (SSSR count). The summed E-state index contributed by atoms with van der Waals surface area (Å²) < 4.78 is 5.72. The number of anilines is 1. The van der Waals surface area contributed by atoms with Gasteiger partial charge in [0, 0.05) is 32.7 Å². The first-order valence-electron chi connectivity index (χ1n) is 8.26. The molecule has 1 aliphatic rings. The second kappa shape index (κ2) is 8.58. The highest BCUT2D eigenvalue weighted by Crippen LogP contribution is 2.29. The Balaban J connectivity index is 1.93. The summed E-state index contributed by atoms with van der Waals surface area (Å²) in [5.74, 6) is 0.994. The quantitative estimate of drug-likeness (QED) is 0.780. The SMILES string of the molecule is C=CCNC(=O)[C@H](C)N1CCN(c2ccccc2OCC)CC1. The van der Waals surface area contributed by atoms with Gasteiger partial charge in [-0.1, -0.05) is 18.2 Å². The van der Waals surface area contributed by atoms with Gasteiger partial charge in [0.1, 0.15) is 5.75 Å². The fourth-order valence-electron chi connectivity index (χ4n) is 2.83. The van der Waals surface area contributed by atoms with Gasteiger partial charge in [0.25, 0.3) is 0 Å². The van der Waals surface area contributed by atoms with Crippen LogP contribution in [0.2, 0.25) is 0 Å². The molecular weight excluding hydrogens is 290 g/mol. The van der Waals surface area contributed by atoms with Crippen molar-refractivity contribution >= 4 is 11.6 Å². The molecule has 1 heterocycles. The van der Waals surface area contributed by atoms with Crippen molar-refractivity contribution in [3.8, 4) is 5.75 Å². The molecule has 0 aromatic heterocycles. The van der Waals surface area contributed by atoms with Crippen LogP contribution in [0.1, 0.15) is 13.8 Å². The number of hydrogen-bond acceptors (Lipinski definition) is 4. The molecule has 0 spiro atoms. The summed E-state index contributed by atoms with van der Waals surface area (Å²) in [6, 6.07) is 8.03. The van der Waals surface area contributed by atoms with Crippen molar-refractivity contribution in [3.05, 3.63) is 36.9 Å². The minimum absolute atomic E-state index is 0.0630. The number of rotatable bonds is 7. The number of nitrogens with zero attached hydrogens (tertiary/aromatic N) is 2. The van der Waals surface area contributed by atoms with E-state index in [0.29, 0.717) is 13.2 Å². The third kappa shape index (κ3) is 4.48. The number of para-hydroxylation sites is 2. The summed E-state index contributed by atoms with van der Waals surface area (Å²) in [6.45, 7) is 12.3. The lowest BCUT2D eigenvalue weighted by Crippen LogP contribution is -2.54. The minimum Gasteiger partial charge on any atom is -0.492 e. The Bertz CT molecular complexity index is 525. The van der Waals surface area contributed by atoms with Gasteiger partial charge < -0.3 is 15.0 Å². The standard InChI is InChI=1S/C18H27N3O2/c1-4-10-19-18(22)15(3)20-11-13-21(14-12-20)16-8-6-7-9-17(16)23-5-2/h4,6-9,15H,1,5,10-14H2,2-3H3,(H,19,22)/t15-/m0/s1. The Labute approximate surface area is 138 Å². The average Bonchev–Trinajstić information content (AvgIpc) is 2.60. The fourth-order valence-corrected chi connectivity index (χ4v) is 2.83. The lowest BCUT2D eigenvalue weighted by atomic mass is 10.2. The number of hydrogen-bond donors (Lipinski definition) is 1. The average molecular weight is 317 g/mol. The fraction of sp³-hybridized carbons (Fsp3) is 0.500. The van der Waals surface area contributed by atoms with Crippen molar-refractivity contribution in [2.45, 2.75) is 19.9 Å². The predicted octanol–water partition coefficient (Wildman–Crippen LogP) is 1.90. The summed E-state index contributed by atoms with van der Waals surface area (Å²) in [6.07, 6.45) is 1.70. The number of benzene rings is 1. The second-order valence-electron chi connectivity index (χ2n) is 5.63. The molecule has 1 aliphatic heterocycles. The van der Waals surface area contributed by atoms with Crippen molar-refractivity contribution in [3.63, 3.8) is 0 Å². The van der Waals surface area contributed by atoms with E-state index in [1.54, 1.807) is 6.08 Å². The monoisotopic (exact) mass is 317 g/mol. The van der Waals surface area contributed by atoms with Crippen molar-refractivity contribution in [2.24, 2.45) is 0 Å². The molecule has 0 unspecified atom stereocenters. The van der Waals surface area contributed by atoms with Gasteiger partial charge in [0.05, 0.1) is 18.3 Å². The molecule has 1 N–H and O–H groups in total. The molecule has 0 aliphatic carbocycles. The molecule has 0 radical (unpaired) electrons. The molecule has 23 heavy (non-hydrogen) atoms. The lowest BCUT2D eigenvalue weighted by Gasteiger charge is -2.38. The van der Waals surface area contributed by atoms with Crippen molar-refractivity contribution < 1.29 is 9.53 Å². The second-order valence-corrected chi connectivity index (χ2v) is 5.63. The van der Waals surface area contributed by atoms with Crippen LogP contribution in [-0.4, -0.2) is 56.2 Å². The number of piperazine rings is 1. The van der Waals surface area contributed by atoms with Gasteiger partial charge in [-0.05, 0) is 26.0 Å². The van der Waals surface area contributed by atoms with E-state index in [1.807, 2.05) is 32.0 Å². The molecule has 1 amide bonds. The van der Waals surface area contributed by atoms with Crippen LogP contribution in [0.15, 0.2) is 36.9 Å². The summed E-state index contributed by atoms with van der Waals surface area (Å²) in [5.41, 5.74) is 1.14. The Morgan fingerprint density at radius 1 is 1.35 bits per heavy atom. The normalized spacial score (nSPS) is 16.7.